The first kappa shape index (κ1) is 18.1. The first-order valence-corrected chi connectivity index (χ1v) is 9.30. The topological polar surface area (TPSA) is 21.3 Å². The van der Waals surface area contributed by atoms with Crippen molar-refractivity contribution in [1.29, 1.82) is 0 Å². The first-order valence-electron chi connectivity index (χ1n) is 7.75. The second kappa shape index (κ2) is 8.61. The van der Waals surface area contributed by atoms with Crippen molar-refractivity contribution in [3.63, 3.8) is 0 Å². The molecule has 0 saturated heterocycles. The van der Waals surface area contributed by atoms with Crippen molar-refractivity contribution in [1.82, 2.24) is 0 Å². The average molecular weight is 437 g/mol. The molecule has 3 aromatic rings. The molecule has 0 heterocycles. The van der Waals surface area contributed by atoms with Crippen LogP contribution in [-0.2, 0) is 13.2 Å². The highest BCUT2D eigenvalue weighted by atomic mass is 79.9. The largest absolute Gasteiger partial charge is 0.489 e. The summed E-state index contributed by atoms with van der Waals surface area (Å²) in [5.74, 6) is 0.821. The number of hydrogen-bond acceptors (Lipinski definition) is 2. The molecular formula is C20H16BrCl2NO. The normalized spacial score (nSPS) is 10.5. The minimum absolute atomic E-state index is 0.445. The minimum Gasteiger partial charge on any atom is -0.489 e. The van der Waals surface area contributed by atoms with Crippen LogP contribution in [-0.4, -0.2) is 0 Å². The highest BCUT2D eigenvalue weighted by molar-refractivity contribution is 9.10. The molecular weight excluding hydrogens is 421 g/mol. The van der Waals surface area contributed by atoms with Gasteiger partial charge in [-0.2, -0.15) is 0 Å². The van der Waals surface area contributed by atoms with E-state index in [-0.39, 0.29) is 0 Å². The fourth-order valence-corrected chi connectivity index (χ4v) is 2.90. The van der Waals surface area contributed by atoms with Gasteiger partial charge in [0.15, 0.2) is 0 Å². The number of benzene rings is 3. The van der Waals surface area contributed by atoms with E-state index < -0.39 is 0 Å². The van der Waals surface area contributed by atoms with Crippen LogP contribution in [0.15, 0.2) is 71.2 Å². The van der Waals surface area contributed by atoms with E-state index in [1.54, 1.807) is 6.07 Å². The fraction of sp³-hybridized carbons (Fsp3) is 0.100. The van der Waals surface area contributed by atoms with Crippen molar-refractivity contribution in [2.24, 2.45) is 0 Å². The molecule has 1 N–H and O–H groups in total. The van der Waals surface area contributed by atoms with Gasteiger partial charge in [-0.05, 0) is 59.7 Å². The Kier molecular flexibility index (Phi) is 6.24. The van der Waals surface area contributed by atoms with Gasteiger partial charge in [-0.15, -0.1) is 0 Å². The molecule has 0 unspecified atom stereocenters. The lowest BCUT2D eigenvalue weighted by Gasteiger charge is -2.10. The summed E-state index contributed by atoms with van der Waals surface area (Å²) in [4.78, 5) is 0. The summed E-state index contributed by atoms with van der Waals surface area (Å²) in [7, 11) is 0. The second-order valence-electron chi connectivity index (χ2n) is 5.54. The zero-order chi connectivity index (χ0) is 17.6. The van der Waals surface area contributed by atoms with E-state index >= 15 is 0 Å². The van der Waals surface area contributed by atoms with Crippen molar-refractivity contribution in [2.45, 2.75) is 13.2 Å². The lowest BCUT2D eigenvalue weighted by Crippen LogP contribution is -2.00. The lowest BCUT2D eigenvalue weighted by atomic mass is 10.2. The van der Waals surface area contributed by atoms with Crippen molar-refractivity contribution in [3.05, 3.63) is 92.4 Å². The van der Waals surface area contributed by atoms with Gasteiger partial charge in [-0.3, -0.25) is 0 Å². The summed E-state index contributed by atoms with van der Waals surface area (Å²) in [5, 5.41) is 4.48. The predicted octanol–water partition coefficient (Wildman–Crippen LogP) is 6.95. The molecule has 3 rings (SSSR count). The number of anilines is 1. The summed E-state index contributed by atoms with van der Waals surface area (Å²) in [5.41, 5.74) is 3.20. The average Bonchev–Trinajstić information content (AvgIpc) is 2.63. The standard InChI is InChI=1S/C20H16BrCl2NO/c21-16-5-7-17(8-6-16)24-12-14-2-1-3-18(10-14)25-13-15-4-9-19(22)20(23)11-15/h1-11,24H,12-13H2. The molecule has 0 spiro atoms. The Morgan fingerprint density at radius 3 is 2.40 bits per heavy atom. The molecule has 0 aliphatic carbocycles. The smallest absolute Gasteiger partial charge is 0.120 e. The van der Waals surface area contributed by atoms with Crippen LogP contribution in [0.5, 0.6) is 5.75 Å². The monoisotopic (exact) mass is 435 g/mol. The highest BCUT2D eigenvalue weighted by Crippen LogP contribution is 2.24. The Balaban J connectivity index is 1.59. The Morgan fingerprint density at radius 2 is 1.64 bits per heavy atom. The van der Waals surface area contributed by atoms with Crippen LogP contribution in [0.2, 0.25) is 10.0 Å². The maximum absolute atomic E-state index is 6.03. The summed E-state index contributed by atoms with van der Waals surface area (Å²) in [6.45, 7) is 1.17. The number of ether oxygens (including phenoxy) is 1. The van der Waals surface area contributed by atoms with Gasteiger partial charge in [-0.25, -0.2) is 0 Å². The highest BCUT2D eigenvalue weighted by Gasteiger charge is 2.02. The molecule has 0 fully saturated rings. The second-order valence-corrected chi connectivity index (χ2v) is 7.28. The van der Waals surface area contributed by atoms with Gasteiger partial charge >= 0.3 is 0 Å². The molecule has 0 atom stereocenters. The first-order chi connectivity index (χ1) is 12.1. The fourth-order valence-electron chi connectivity index (χ4n) is 2.31. The molecule has 0 saturated carbocycles. The quantitative estimate of drug-likeness (QED) is 0.451. The van der Waals surface area contributed by atoms with E-state index in [0.717, 1.165) is 33.6 Å². The lowest BCUT2D eigenvalue weighted by molar-refractivity contribution is 0.306. The molecule has 0 aromatic heterocycles. The summed E-state index contributed by atoms with van der Waals surface area (Å²) < 4.78 is 6.93. The molecule has 25 heavy (non-hydrogen) atoms. The minimum atomic E-state index is 0.445. The number of rotatable bonds is 6. The van der Waals surface area contributed by atoms with E-state index in [4.69, 9.17) is 27.9 Å². The molecule has 0 aliphatic rings. The van der Waals surface area contributed by atoms with Crippen LogP contribution in [0.1, 0.15) is 11.1 Å². The predicted molar refractivity (Wildman–Crippen MR) is 109 cm³/mol. The van der Waals surface area contributed by atoms with Crippen LogP contribution in [0, 0.1) is 0 Å². The third-order valence-electron chi connectivity index (χ3n) is 3.63. The number of halogens is 3. The molecule has 5 heteroatoms. The molecule has 0 radical (unpaired) electrons. The van der Waals surface area contributed by atoms with Crippen LogP contribution in [0.25, 0.3) is 0 Å². The third-order valence-corrected chi connectivity index (χ3v) is 4.90. The van der Waals surface area contributed by atoms with Crippen molar-refractivity contribution >= 4 is 44.8 Å². The zero-order valence-electron chi connectivity index (χ0n) is 13.3. The Bertz CT molecular complexity index is 853. The van der Waals surface area contributed by atoms with Gasteiger partial charge in [0.1, 0.15) is 12.4 Å². The van der Waals surface area contributed by atoms with Crippen molar-refractivity contribution in [3.8, 4) is 5.75 Å². The van der Waals surface area contributed by atoms with E-state index in [2.05, 4.69) is 27.3 Å². The number of nitrogens with one attached hydrogen (secondary N) is 1. The van der Waals surface area contributed by atoms with E-state index in [0.29, 0.717) is 16.7 Å². The van der Waals surface area contributed by atoms with E-state index in [1.165, 1.54) is 0 Å². The number of hydrogen-bond donors (Lipinski definition) is 1. The molecule has 0 bridgehead atoms. The van der Waals surface area contributed by atoms with Gasteiger partial charge in [0, 0.05) is 16.7 Å². The van der Waals surface area contributed by atoms with Gasteiger partial charge < -0.3 is 10.1 Å². The summed E-state index contributed by atoms with van der Waals surface area (Å²) in [6, 6.07) is 21.6. The van der Waals surface area contributed by atoms with Gasteiger partial charge in [0.05, 0.1) is 10.0 Å². The van der Waals surface area contributed by atoms with Crippen LogP contribution < -0.4 is 10.1 Å². The third kappa shape index (κ3) is 5.40. The SMILES string of the molecule is Clc1ccc(COc2cccc(CNc3ccc(Br)cc3)c2)cc1Cl. The van der Waals surface area contributed by atoms with Crippen LogP contribution in [0.4, 0.5) is 5.69 Å². The molecule has 2 nitrogen and oxygen atoms in total. The summed E-state index contributed by atoms with van der Waals surface area (Å²) >= 11 is 15.4. The van der Waals surface area contributed by atoms with Gasteiger partial charge in [0.2, 0.25) is 0 Å². The van der Waals surface area contributed by atoms with Crippen molar-refractivity contribution < 1.29 is 4.74 Å². The van der Waals surface area contributed by atoms with Gasteiger partial charge in [0.25, 0.3) is 0 Å². The molecule has 3 aromatic carbocycles. The molecule has 0 aliphatic heterocycles. The van der Waals surface area contributed by atoms with E-state index in [9.17, 15) is 0 Å². The van der Waals surface area contributed by atoms with Crippen LogP contribution in [0.3, 0.4) is 0 Å². The molecule has 0 amide bonds. The Hall–Kier alpha value is -1.68. The zero-order valence-corrected chi connectivity index (χ0v) is 16.4. The summed E-state index contributed by atoms with van der Waals surface area (Å²) in [6.07, 6.45) is 0. The Morgan fingerprint density at radius 1 is 0.840 bits per heavy atom. The maximum Gasteiger partial charge on any atom is 0.120 e. The Labute approximate surface area is 165 Å². The molecule has 128 valence electrons. The van der Waals surface area contributed by atoms with Crippen molar-refractivity contribution in [2.75, 3.05) is 5.32 Å². The van der Waals surface area contributed by atoms with Gasteiger partial charge in [-0.1, -0.05) is 57.3 Å². The maximum atomic E-state index is 6.03. The van der Waals surface area contributed by atoms with E-state index in [1.807, 2.05) is 54.6 Å². The van der Waals surface area contributed by atoms with Crippen LogP contribution >= 0.6 is 39.1 Å².